The second-order valence-electron chi connectivity index (χ2n) is 4.81. The first-order chi connectivity index (χ1) is 9.29. The molecular weight excluding hydrogens is 238 g/mol. The summed E-state index contributed by atoms with van der Waals surface area (Å²) in [6.07, 6.45) is 8.64. The summed E-state index contributed by atoms with van der Waals surface area (Å²) < 4.78 is 5.39. The van der Waals surface area contributed by atoms with Crippen molar-refractivity contribution in [1.82, 2.24) is 4.98 Å². The van der Waals surface area contributed by atoms with Gasteiger partial charge in [-0.2, -0.15) is 4.98 Å². The fraction of sp³-hybridized carbons (Fsp3) is 0.533. The Hall–Kier alpha value is -1.71. The van der Waals surface area contributed by atoms with Gasteiger partial charge in [0.25, 0.3) is 0 Å². The highest BCUT2D eigenvalue weighted by molar-refractivity contribution is 5.53. The normalized spacial score (nSPS) is 14.9. The lowest BCUT2D eigenvalue weighted by Crippen LogP contribution is -2.07. The van der Waals surface area contributed by atoms with Crippen LogP contribution in [0.4, 0.5) is 11.5 Å². The zero-order chi connectivity index (χ0) is 13.5. The van der Waals surface area contributed by atoms with Crippen LogP contribution in [0.15, 0.2) is 23.8 Å². The van der Waals surface area contributed by atoms with E-state index in [0.29, 0.717) is 18.2 Å². The molecule has 0 unspecified atom stereocenters. The predicted octanol–water partition coefficient (Wildman–Crippen LogP) is 3.36. The van der Waals surface area contributed by atoms with Crippen molar-refractivity contribution in [2.45, 2.75) is 39.0 Å². The van der Waals surface area contributed by atoms with E-state index in [9.17, 15) is 0 Å². The van der Waals surface area contributed by atoms with Crippen LogP contribution in [0.1, 0.15) is 39.0 Å². The van der Waals surface area contributed by atoms with E-state index in [0.717, 1.165) is 18.8 Å². The lowest BCUT2D eigenvalue weighted by molar-refractivity contribution is 0.329. The topological polar surface area (TPSA) is 60.2 Å². The molecule has 1 aliphatic carbocycles. The average molecular weight is 261 g/mol. The highest BCUT2D eigenvalue weighted by Crippen LogP contribution is 2.22. The molecule has 0 fully saturated rings. The second-order valence-corrected chi connectivity index (χ2v) is 4.81. The van der Waals surface area contributed by atoms with Gasteiger partial charge in [0.1, 0.15) is 5.82 Å². The third kappa shape index (κ3) is 4.16. The number of nitrogens with one attached hydrogen (secondary N) is 1. The van der Waals surface area contributed by atoms with Crippen LogP contribution in [-0.4, -0.2) is 18.1 Å². The molecule has 3 N–H and O–H groups in total. The molecule has 104 valence electrons. The standard InChI is InChI=1S/C15H23N3O/c1-2-19-15-13(16)8-9-14(18-15)17-11-10-12-6-4-3-5-7-12/h6,8-9H,2-5,7,10-11,16H2,1H3,(H,17,18). The van der Waals surface area contributed by atoms with Crippen molar-refractivity contribution in [2.24, 2.45) is 0 Å². The van der Waals surface area contributed by atoms with Crippen LogP contribution in [0.2, 0.25) is 0 Å². The van der Waals surface area contributed by atoms with E-state index in [4.69, 9.17) is 10.5 Å². The molecule has 0 radical (unpaired) electrons. The van der Waals surface area contributed by atoms with E-state index in [1.165, 1.54) is 25.7 Å². The van der Waals surface area contributed by atoms with Crippen molar-refractivity contribution in [2.75, 3.05) is 24.2 Å². The van der Waals surface area contributed by atoms with Crippen molar-refractivity contribution < 1.29 is 4.74 Å². The SMILES string of the molecule is CCOc1nc(NCCC2=CCCCC2)ccc1N. The van der Waals surface area contributed by atoms with Gasteiger partial charge in [0.05, 0.1) is 12.3 Å². The molecule has 0 spiro atoms. The molecule has 1 heterocycles. The minimum absolute atomic E-state index is 0.518. The maximum absolute atomic E-state index is 5.80. The van der Waals surface area contributed by atoms with E-state index in [1.54, 1.807) is 5.57 Å². The molecule has 0 atom stereocenters. The Bertz CT molecular complexity index is 443. The number of rotatable bonds is 6. The number of pyridine rings is 1. The van der Waals surface area contributed by atoms with Gasteiger partial charge in [0, 0.05) is 6.54 Å². The number of nitrogen functional groups attached to an aromatic ring is 1. The second kappa shape index (κ2) is 7.02. The maximum Gasteiger partial charge on any atom is 0.239 e. The lowest BCUT2D eigenvalue weighted by atomic mass is 9.97. The van der Waals surface area contributed by atoms with E-state index in [1.807, 2.05) is 19.1 Å². The van der Waals surface area contributed by atoms with Gasteiger partial charge >= 0.3 is 0 Å². The van der Waals surface area contributed by atoms with Crippen molar-refractivity contribution in [3.05, 3.63) is 23.8 Å². The summed E-state index contributed by atoms with van der Waals surface area (Å²) in [5, 5.41) is 3.33. The van der Waals surface area contributed by atoms with Gasteiger partial charge < -0.3 is 15.8 Å². The molecule has 1 aliphatic rings. The maximum atomic E-state index is 5.80. The molecule has 0 bridgehead atoms. The Morgan fingerprint density at radius 3 is 3.00 bits per heavy atom. The number of hydrogen-bond donors (Lipinski definition) is 2. The first-order valence-electron chi connectivity index (χ1n) is 7.10. The number of nitrogens with two attached hydrogens (primary N) is 1. The minimum Gasteiger partial charge on any atom is -0.476 e. The Morgan fingerprint density at radius 1 is 1.37 bits per heavy atom. The van der Waals surface area contributed by atoms with E-state index >= 15 is 0 Å². The first-order valence-corrected chi connectivity index (χ1v) is 7.10. The average Bonchev–Trinajstić information content (AvgIpc) is 2.44. The number of ether oxygens (including phenoxy) is 1. The van der Waals surface area contributed by atoms with Crippen LogP contribution in [0, 0.1) is 0 Å². The van der Waals surface area contributed by atoms with Crippen LogP contribution in [-0.2, 0) is 0 Å². The molecular formula is C15H23N3O. The Morgan fingerprint density at radius 2 is 2.26 bits per heavy atom. The van der Waals surface area contributed by atoms with Crippen molar-refractivity contribution in [1.29, 1.82) is 0 Å². The molecule has 1 aromatic heterocycles. The largest absolute Gasteiger partial charge is 0.476 e. The molecule has 1 aromatic rings. The third-order valence-electron chi connectivity index (χ3n) is 3.31. The molecule has 2 rings (SSSR count). The smallest absolute Gasteiger partial charge is 0.239 e. The summed E-state index contributed by atoms with van der Waals surface area (Å²) in [5.74, 6) is 1.35. The van der Waals surface area contributed by atoms with Gasteiger partial charge in [0.2, 0.25) is 5.88 Å². The molecule has 19 heavy (non-hydrogen) atoms. The summed E-state index contributed by atoms with van der Waals surface area (Å²) in [4.78, 5) is 4.37. The molecule has 0 saturated carbocycles. The quantitative estimate of drug-likeness (QED) is 0.771. The number of nitrogens with zero attached hydrogens (tertiary/aromatic N) is 1. The minimum atomic E-state index is 0.518. The van der Waals surface area contributed by atoms with Crippen LogP contribution >= 0.6 is 0 Å². The van der Waals surface area contributed by atoms with Crippen LogP contribution < -0.4 is 15.8 Å². The number of allylic oxidation sites excluding steroid dienone is 1. The van der Waals surface area contributed by atoms with Gasteiger partial charge in [-0.3, -0.25) is 0 Å². The predicted molar refractivity (Wildman–Crippen MR) is 79.5 cm³/mol. The molecule has 4 nitrogen and oxygen atoms in total. The Labute approximate surface area is 115 Å². The lowest BCUT2D eigenvalue weighted by Gasteiger charge is -2.13. The van der Waals surface area contributed by atoms with Crippen molar-refractivity contribution >= 4 is 11.5 Å². The molecule has 4 heteroatoms. The van der Waals surface area contributed by atoms with E-state index in [-0.39, 0.29) is 0 Å². The zero-order valence-electron chi connectivity index (χ0n) is 11.6. The number of aromatic nitrogens is 1. The Balaban J connectivity index is 1.85. The van der Waals surface area contributed by atoms with Crippen LogP contribution in [0.25, 0.3) is 0 Å². The molecule has 0 saturated heterocycles. The molecule has 0 aromatic carbocycles. The van der Waals surface area contributed by atoms with E-state index < -0.39 is 0 Å². The number of anilines is 2. The Kier molecular flexibility index (Phi) is 5.07. The van der Waals surface area contributed by atoms with Gasteiger partial charge in [0.15, 0.2) is 0 Å². The van der Waals surface area contributed by atoms with Gasteiger partial charge in [-0.15, -0.1) is 0 Å². The molecule has 0 amide bonds. The summed E-state index contributed by atoms with van der Waals surface area (Å²) in [6, 6.07) is 3.73. The van der Waals surface area contributed by atoms with Crippen molar-refractivity contribution in [3.63, 3.8) is 0 Å². The monoisotopic (exact) mass is 261 g/mol. The summed E-state index contributed by atoms with van der Waals surface area (Å²) in [5.41, 5.74) is 7.95. The van der Waals surface area contributed by atoms with E-state index in [2.05, 4.69) is 16.4 Å². The third-order valence-corrected chi connectivity index (χ3v) is 3.31. The van der Waals surface area contributed by atoms with Crippen LogP contribution in [0.3, 0.4) is 0 Å². The van der Waals surface area contributed by atoms with Crippen molar-refractivity contribution in [3.8, 4) is 5.88 Å². The summed E-state index contributed by atoms with van der Waals surface area (Å²) >= 11 is 0. The molecule has 0 aliphatic heterocycles. The van der Waals surface area contributed by atoms with Gasteiger partial charge in [-0.05, 0) is 51.2 Å². The highest BCUT2D eigenvalue weighted by atomic mass is 16.5. The van der Waals surface area contributed by atoms with Gasteiger partial charge in [-0.1, -0.05) is 11.6 Å². The summed E-state index contributed by atoms with van der Waals surface area (Å²) in [7, 11) is 0. The highest BCUT2D eigenvalue weighted by Gasteiger charge is 2.05. The first kappa shape index (κ1) is 13.7. The fourth-order valence-electron chi connectivity index (χ4n) is 2.28. The van der Waals surface area contributed by atoms with Gasteiger partial charge in [-0.25, -0.2) is 0 Å². The fourth-order valence-corrected chi connectivity index (χ4v) is 2.28. The van der Waals surface area contributed by atoms with Crippen LogP contribution in [0.5, 0.6) is 5.88 Å². The number of hydrogen-bond acceptors (Lipinski definition) is 4. The summed E-state index contributed by atoms with van der Waals surface area (Å²) in [6.45, 7) is 3.42. The zero-order valence-corrected chi connectivity index (χ0v) is 11.6.